The molecule has 0 saturated heterocycles. The second kappa shape index (κ2) is 4.93. The summed E-state index contributed by atoms with van der Waals surface area (Å²) in [7, 11) is 3.89. The van der Waals surface area contributed by atoms with Gasteiger partial charge in [-0.05, 0) is 6.07 Å². The van der Waals surface area contributed by atoms with Gasteiger partial charge in [-0.15, -0.1) is 0 Å². The average Bonchev–Trinajstić information content (AvgIpc) is 2.39. The average molecular weight is 229 g/mol. The Hall–Kier alpha value is -1.94. The number of aliphatic hydroxyl groups excluding tert-OH is 1. The second-order valence-corrected chi connectivity index (χ2v) is 3.99. The first-order valence-electron chi connectivity index (χ1n) is 5.40. The van der Waals surface area contributed by atoms with Crippen LogP contribution in [0.2, 0.25) is 0 Å². The van der Waals surface area contributed by atoms with Crippen molar-refractivity contribution in [2.75, 3.05) is 19.0 Å². The highest BCUT2D eigenvalue weighted by atomic mass is 16.3. The van der Waals surface area contributed by atoms with E-state index in [0.717, 1.165) is 11.3 Å². The lowest BCUT2D eigenvalue weighted by atomic mass is 10.0. The molecule has 0 amide bonds. The molecule has 4 nitrogen and oxygen atoms in total. The molecule has 0 aliphatic rings. The van der Waals surface area contributed by atoms with Crippen molar-refractivity contribution in [3.63, 3.8) is 0 Å². The maximum absolute atomic E-state index is 10.3. The summed E-state index contributed by atoms with van der Waals surface area (Å²) in [6.07, 6.45) is 4.00. The third kappa shape index (κ3) is 2.42. The number of aliphatic hydroxyl groups is 1. The summed E-state index contributed by atoms with van der Waals surface area (Å²) in [5.41, 5.74) is 2.37. The normalized spacial score (nSPS) is 12.2. The van der Waals surface area contributed by atoms with Crippen LogP contribution in [0.4, 0.5) is 5.69 Å². The zero-order valence-corrected chi connectivity index (χ0v) is 9.91. The van der Waals surface area contributed by atoms with Crippen molar-refractivity contribution in [1.29, 1.82) is 0 Å². The van der Waals surface area contributed by atoms with Crippen molar-refractivity contribution >= 4 is 5.69 Å². The van der Waals surface area contributed by atoms with Crippen LogP contribution < -0.4 is 4.90 Å². The molecule has 1 atom stereocenters. The number of benzene rings is 1. The van der Waals surface area contributed by atoms with Gasteiger partial charge in [-0.2, -0.15) is 0 Å². The highest BCUT2D eigenvalue weighted by Crippen LogP contribution is 2.28. The van der Waals surface area contributed by atoms with Gasteiger partial charge in [0.15, 0.2) is 0 Å². The van der Waals surface area contributed by atoms with Crippen LogP contribution >= 0.6 is 0 Å². The summed E-state index contributed by atoms with van der Waals surface area (Å²) in [4.78, 5) is 10.1. The minimum absolute atomic E-state index is 0.557. The fourth-order valence-corrected chi connectivity index (χ4v) is 1.74. The van der Waals surface area contributed by atoms with E-state index >= 15 is 0 Å². The summed E-state index contributed by atoms with van der Waals surface area (Å²) < 4.78 is 0. The molecule has 2 aromatic rings. The van der Waals surface area contributed by atoms with E-state index in [1.54, 1.807) is 18.6 Å². The Kier molecular flexibility index (Phi) is 3.35. The van der Waals surface area contributed by atoms with Crippen molar-refractivity contribution in [2.45, 2.75) is 6.10 Å². The van der Waals surface area contributed by atoms with Crippen molar-refractivity contribution < 1.29 is 5.11 Å². The number of hydrogen-bond donors (Lipinski definition) is 1. The number of aromatic nitrogens is 2. The molecule has 88 valence electrons. The van der Waals surface area contributed by atoms with Gasteiger partial charge in [-0.1, -0.05) is 18.2 Å². The molecule has 17 heavy (non-hydrogen) atoms. The topological polar surface area (TPSA) is 49.2 Å². The van der Waals surface area contributed by atoms with Gasteiger partial charge in [0.05, 0.1) is 11.9 Å². The summed E-state index contributed by atoms with van der Waals surface area (Å²) in [6.45, 7) is 0. The molecule has 0 bridgehead atoms. The Labute approximate surface area is 101 Å². The molecule has 0 aliphatic carbocycles. The molecular weight excluding hydrogens is 214 g/mol. The lowest BCUT2D eigenvalue weighted by molar-refractivity contribution is 0.215. The van der Waals surface area contributed by atoms with Crippen LogP contribution in [0.5, 0.6) is 0 Å². The molecule has 1 aromatic heterocycles. The van der Waals surface area contributed by atoms with Gasteiger partial charge in [0, 0.05) is 37.7 Å². The van der Waals surface area contributed by atoms with Crippen molar-refractivity contribution in [2.24, 2.45) is 0 Å². The highest BCUT2D eigenvalue weighted by molar-refractivity contribution is 5.54. The largest absolute Gasteiger partial charge is 0.382 e. The smallest absolute Gasteiger partial charge is 0.124 e. The summed E-state index contributed by atoms with van der Waals surface area (Å²) in [6, 6.07) is 7.72. The fraction of sp³-hybridized carbons (Fsp3) is 0.231. The number of nitrogens with zero attached hydrogens (tertiary/aromatic N) is 3. The molecule has 0 unspecified atom stereocenters. The lowest BCUT2D eigenvalue weighted by Crippen LogP contribution is -2.14. The maximum atomic E-state index is 10.3. The van der Waals surface area contributed by atoms with E-state index < -0.39 is 6.10 Å². The molecule has 0 fully saturated rings. The maximum Gasteiger partial charge on any atom is 0.124 e. The monoisotopic (exact) mass is 229 g/mol. The molecule has 0 aliphatic heterocycles. The SMILES string of the molecule is CN(C)c1ccccc1[C@H](O)c1cnccn1. The lowest BCUT2D eigenvalue weighted by Gasteiger charge is -2.20. The van der Waals surface area contributed by atoms with E-state index in [-0.39, 0.29) is 0 Å². The second-order valence-electron chi connectivity index (χ2n) is 3.99. The Morgan fingerprint density at radius 2 is 1.94 bits per heavy atom. The fourth-order valence-electron chi connectivity index (χ4n) is 1.74. The third-order valence-electron chi connectivity index (χ3n) is 2.58. The van der Waals surface area contributed by atoms with Crippen molar-refractivity contribution in [3.05, 3.63) is 54.1 Å². The van der Waals surface area contributed by atoms with Gasteiger partial charge in [0.25, 0.3) is 0 Å². The molecule has 1 N–H and O–H groups in total. The molecule has 0 saturated carbocycles. The summed E-state index contributed by atoms with van der Waals surface area (Å²) >= 11 is 0. The van der Waals surface area contributed by atoms with Crippen molar-refractivity contribution in [3.8, 4) is 0 Å². The number of anilines is 1. The van der Waals surface area contributed by atoms with Crippen LogP contribution in [0.15, 0.2) is 42.9 Å². The summed E-state index contributed by atoms with van der Waals surface area (Å²) in [5, 5.41) is 10.3. The molecule has 1 aromatic carbocycles. The van der Waals surface area contributed by atoms with E-state index in [1.807, 2.05) is 43.3 Å². The van der Waals surface area contributed by atoms with Crippen LogP contribution in [0.3, 0.4) is 0 Å². The first-order chi connectivity index (χ1) is 8.20. The van der Waals surface area contributed by atoms with Gasteiger partial charge < -0.3 is 10.0 Å². The van der Waals surface area contributed by atoms with Gasteiger partial charge in [0.2, 0.25) is 0 Å². The highest BCUT2D eigenvalue weighted by Gasteiger charge is 2.16. The Balaban J connectivity index is 2.41. The van der Waals surface area contributed by atoms with Crippen LogP contribution in [-0.4, -0.2) is 29.2 Å². The van der Waals surface area contributed by atoms with Gasteiger partial charge in [-0.25, -0.2) is 0 Å². The Morgan fingerprint density at radius 1 is 1.18 bits per heavy atom. The van der Waals surface area contributed by atoms with Gasteiger partial charge in [-0.3, -0.25) is 9.97 Å². The van der Waals surface area contributed by atoms with Crippen LogP contribution in [0.25, 0.3) is 0 Å². The van der Waals surface area contributed by atoms with E-state index in [2.05, 4.69) is 9.97 Å². The first-order valence-corrected chi connectivity index (χ1v) is 5.40. The first kappa shape index (κ1) is 11.5. The molecular formula is C13H15N3O. The molecule has 0 spiro atoms. The minimum Gasteiger partial charge on any atom is -0.382 e. The molecule has 2 rings (SSSR count). The molecule has 4 heteroatoms. The van der Waals surface area contributed by atoms with E-state index in [0.29, 0.717) is 5.69 Å². The van der Waals surface area contributed by atoms with Gasteiger partial charge in [0.1, 0.15) is 6.10 Å². The zero-order valence-electron chi connectivity index (χ0n) is 9.91. The minimum atomic E-state index is -0.748. The summed E-state index contributed by atoms with van der Waals surface area (Å²) in [5.74, 6) is 0. The Bertz CT molecular complexity index is 485. The zero-order chi connectivity index (χ0) is 12.3. The number of para-hydroxylation sites is 1. The molecule has 0 radical (unpaired) electrons. The van der Waals surface area contributed by atoms with E-state index in [1.165, 1.54) is 0 Å². The van der Waals surface area contributed by atoms with E-state index in [9.17, 15) is 5.11 Å². The predicted molar refractivity (Wildman–Crippen MR) is 66.9 cm³/mol. The van der Waals surface area contributed by atoms with Gasteiger partial charge >= 0.3 is 0 Å². The standard InChI is InChI=1S/C13H15N3O/c1-16(2)12-6-4-3-5-10(12)13(17)11-9-14-7-8-15-11/h3-9,13,17H,1-2H3/t13-/m0/s1. The number of hydrogen-bond acceptors (Lipinski definition) is 4. The molecule has 1 heterocycles. The quantitative estimate of drug-likeness (QED) is 0.869. The number of rotatable bonds is 3. The van der Waals surface area contributed by atoms with E-state index in [4.69, 9.17) is 0 Å². The van der Waals surface area contributed by atoms with Crippen LogP contribution in [-0.2, 0) is 0 Å². The predicted octanol–water partition coefficient (Wildman–Crippen LogP) is 1.62. The Morgan fingerprint density at radius 3 is 2.59 bits per heavy atom. The van der Waals surface area contributed by atoms with Crippen LogP contribution in [0, 0.1) is 0 Å². The van der Waals surface area contributed by atoms with Crippen molar-refractivity contribution in [1.82, 2.24) is 9.97 Å². The third-order valence-corrected chi connectivity index (χ3v) is 2.58. The van der Waals surface area contributed by atoms with Crippen LogP contribution in [0.1, 0.15) is 17.4 Å².